The summed E-state index contributed by atoms with van der Waals surface area (Å²) in [6.45, 7) is 5.94. The average Bonchev–Trinajstić information content (AvgIpc) is 3.43. The molecular weight excluding hydrogens is 445 g/mol. The van der Waals surface area contributed by atoms with Gasteiger partial charge in [-0.2, -0.15) is 0 Å². The molecule has 4 rings (SSSR count). The van der Waals surface area contributed by atoms with E-state index in [0.29, 0.717) is 19.8 Å². The van der Waals surface area contributed by atoms with Crippen molar-refractivity contribution in [3.8, 4) is 0 Å². The van der Waals surface area contributed by atoms with Gasteiger partial charge in [0.1, 0.15) is 5.82 Å². The molecular formula is C23H32N5O3V+. The summed E-state index contributed by atoms with van der Waals surface area (Å²) in [5, 5.41) is 15.8. The van der Waals surface area contributed by atoms with Gasteiger partial charge in [-0.05, 0) is 43.1 Å². The monoisotopic (exact) mass is 477 g/mol. The zero-order valence-corrected chi connectivity index (χ0v) is 20.3. The number of nitrogens with zero attached hydrogens (tertiary/aromatic N) is 4. The number of aromatic amines is 1. The van der Waals surface area contributed by atoms with Gasteiger partial charge in [0.05, 0.1) is 17.6 Å². The fourth-order valence-corrected chi connectivity index (χ4v) is 2.66. The first kappa shape index (κ1) is 27.7. The molecule has 2 heterocycles. The van der Waals surface area contributed by atoms with Crippen molar-refractivity contribution in [3.63, 3.8) is 0 Å². The summed E-state index contributed by atoms with van der Waals surface area (Å²) in [7, 11) is 2.05. The van der Waals surface area contributed by atoms with Crippen LogP contribution in [0.15, 0.2) is 48.5 Å². The average molecular weight is 477 g/mol. The maximum atomic E-state index is 8.19. The number of fused-ring (bicyclic) bond motifs is 2. The second kappa shape index (κ2) is 16.3. The fraction of sp³-hybridized carbons (Fsp3) is 0.391. The van der Waals surface area contributed by atoms with E-state index in [1.165, 1.54) is 0 Å². The van der Waals surface area contributed by atoms with Gasteiger partial charge in [-0.1, -0.05) is 56.1 Å². The van der Waals surface area contributed by atoms with Crippen LogP contribution >= 0.6 is 0 Å². The number of aliphatic hydroxyl groups is 2. The molecule has 0 saturated carbocycles. The first-order valence-electron chi connectivity index (χ1n) is 10.5. The van der Waals surface area contributed by atoms with Gasteiger partial charge in [-0.15, -0.1) is 0 Å². The van der Waals surface area contributed by atoms with E-state index in [4.69, 9.17) is 13.9 Å². The van der Waals surface area contributed by atoms with Crippen LogP contribution in [0.2, 0.25) is 0 Å². The Hall–Kier alpha value is -2.36. The molecule has 0 spiro atoms. The number of aromatic nitrogens is 4. The first-order valence-corrected chi connectivity index (χ1v) is 11.1. The Kier molecular flexibility index (Phi) is 14.1. The minimum absolute atomic E-state index is 0.319. The quantitative estimate of drug-likeness (QED) is 0.390. The molecule has 0 amide bonds. The normalized spacial score (nSPS) is 10.1. The summed E-state index contributed by atoms with van der Waals surface area (Å²) in [5.41, 5.74) is 3.98. The van der Waals surface area contributed by atoms with Crippen LogP contribution in [-0.2, 0) is 34.1 Å². The zero-order chi connectivity index (χ0) is 23.8. The molecule has 3 N–H and O–H groups in total. The van der Waals surface area contributed by atoms with Crippen molar-refractivity contribution in [1.29, 1.82) is 0 Å². The molecule has 0 aliphatic heterocycles. The number of rotatable bonds is 6. The second-order valence-electron chi connectivity index (χ2n) is 6.95. The van der Waals surface area contributed by atoms with Crippen LogP contribution in [0.4, 0.5) is 0 Å². The van der Waals surface area contributed by atoms with Crippen molar-refractivity contribution in [1.82, 2.24) is 24.8 Å². The van der Waals surface area contributed by atoms with Crippen molar-refractivity contribution in [3.05, 3.63) is 60.2 Å². The number of imidazole rings is 2. The van der Waals surface area contributed by atoms with Gasteiger partial charge in [0.15, 0.2) is 0 Å². The van der Waals surface area contributed by atoms with Crippen molar-refractivity contribution >= 4 is 22.1 Å². The van der Waals surface area contributed by atoms with Gasteiger partial charge in [0, 0.05) is 19.8 Å². The van der Waals surface area contributed by atoms with Crippen LogP contribution in [0.5, 0.6) is 0 Å². The molecule has 2 aromatic heterocycles. The van der Waals surface area contributed by atoms with Crippen LogP contribution in [-0.4, -0.2) is 50.3 Å². The minimum atomic E-state index is 0.319. The van der Waals surface area contributed by atoms with Gasteiger partial charge in [0.25, 0.3) is 0 Å². The Morgan fingerprint density at radius 2 is 1.47 bits per heavy atom. The maximum absolute atomic E-state index is 8.19. The summed E-state index contributed by atoms with van der Waals surface area (Å²) < 4.78 is 8.19. The Labute approximate surface area is 198 Å². The number of H-pyrrole nitrogens is 1. The molecule has 0 aliphatic carbocycles. The molecule has 0 fully saturated rings. The van der Waals surface area contributed by atoms with Gasteiger partial charge in [0.2, 0.25) is 0 Å². The van der Waals surface area contributed by atoms with Crippen molar-refractivity contribution in [2.45, 2.75) is 39.8 Å². The molecule has 9 heteroatoms. The SMILES string of the molecule is CCCO.CCCO.CN(Cc1nc2ccccc2[n-]1)Cc1nc2ccccc2[nH]1.[O]=[V+2]. The number of benzene rings is 2. The van der Waals surface area contributed by atoms with E-state index in [-0.39, 0.29) is 0 Å². The Bertz CT molecular complexity index is 871. The predicted octanol–water partition coefficient (Wildman–Crippen LogP) is 3.36. The molecule has 2 aromatic carbocycles. The standard InChI is InChI=1S/C17H16N5.2C3H8O.O.V/c1-22(10-16-18-12-6-2-3-7-13(12)19-16)11-17-20-14-8-4-5-9-15(14)21-17;2*1-2-3-4;;/h2-9H,10-11H2,1H3,(H-,18,19,20,21);2*4H,2-3H2,1H3;;/q-1;;;;+2. The van der Waals surface area contributed by atoms with Crippen LogP contribution in [0.3, 0.4) is 0 Å². The van der Waals surface area contributed by atoms with E-state index < -0.39 is 0 Å². The topological polar surface area (TPSA) is 116 Å². The number of para-hydroxylation sites is 4. The molecule has 0 aliphatic rings. The summed E-state index contributed by atoms with van der Waals surface area (Å²) in [6.07, 6.45) is 1.75. The van der Waals surface area contributed by atoms with Crippen molar-refractivity contribution < 1.29 is 31.3 Å². The molecule has 171 valence electrons. The molecule has 0 unspecified atom stereocenters. The van der Waals surface area contributed by atoms with Crippen LogP contribution < -0.4 is 4.98 Å². The van der Waals surface area contributed by atoms with Crippen LogP contribution in [0.1, 0.15) is 38.3 Å². The van der Waals surface area contributed by atoms with E-state index in [0.717, 1.165) is 70.5 Å². The Morgan fingerprint density at radius 1 is 0.906 bits per heavy atom. The molecule has 0 saturated heterocycles. The van der Waals surface area contributed by atoms with E-state index in [1.807, 2.05) is 69.4 Å². The molecule has 8 nitrogen and oxygen atoms in total. The van der Waals surface area contributed by atoms with Gasteiger partial charge < -0.3 is 25.2 Å². The third kappa shape index (κ3) is 9.42. The van der Waals surface area contributed by atoms with Crippen LogP contribution in [0.25, 0.3) is 22.1 Å². The predicted molar refractivity (Wildman–Crippen MR) is 122 cm³/mol. The second-order valence-corrected chi connectivity index (χ2v) is 6.95. The molecule has 0 radical (unpaired) electrons. The van der Waals surface area contributed by atoms with Crippen molar-refractivity contribution in [2.75, 3.05) is 20.3 Å². The van der Waals surface area contributed by atoms with Gasteiger partial charge in [-0.3, -0.25) is 4.90 Å². The van der Waals surface area contributed by atoms with Gasteiger partial charge >= 0.3 is 21.0 Å². The third-order valence-electron chi connectivity index (χ3n) is 4.10. The third-order valence-corrected chi connectivity index (χ3v) is 4.10. The number of hydrogen-bond acceptors (Lipinski definition) is 6. The van der Waals surface area contributed by atoms with Gasteiger partial charge in [-0.25, -0.2) is 4.98 Å². The number of aliphatic hydroxyl groups excluding tert-OH is 2. The van der Waals surface area contributed by atoms with E-state index in [9.17, 15) is 0 Å². The zero-order valence-electron chi connectivity index (χ0n) is 18.9. The summed E-state index contributed by atoms with van der Waals surface area (Å²) >= 11 is 1.06. The molecule has 0 bridgehead atoms. The molecule has 32 heavy (non-hydrogen) atoms. The molecule has 4 aromatic rings. The number of nitrogens with one attached hydrogen (secondary N) is 1. The summed E-state index contributed by atoms with van der Waals surface area (Å²) in [5.74, 6) is 1.81. The first-order chi connectivity index (χ1) is 15.6. The number of hydrogen-bond donors (Lipinski definition) is 3. The molecule has 0 atom stereocenters. The van der Waals surface area contributed by atoms with E-state index in [1.54, 1.807) is 0 Å². The Balaban J connectivity index is 0.000000440. The van der Waals surface area contributed by atoms with E-state index >= 15 is 0 Å². The Morgan fingerprint density at radius 3 is 2.03 bits per heavy atom. The summed E-state index contributed by atoms with van der Waals surface area (Å²) in [6, 6.07) is 16.0. The van der Waals surface area contributed by atoms with Crippen molar-refractivity contribution in [2.24, 2.45) is 0 Å². The van der Waals surface area contributed by atoms with E-state index in [2.05, 4.69) is 24.8 Å². The fourth-order valence-electron chi connectivity index (χ4n) is 2.66. The summed E-state index contributed by atoms with van der Waals surface area (Å²) in [4.78, 5) is 19.2. The van der Waals surface area contributed by atoms with Crippen LogP contribution in [0, 0.1) is 0 Å².